The van der Waals surface area contributed by atoms with Gasteiger partial charge in [0.15, 0.2) is 0 Å². The predicted molar refractivity (Wildman–Crippen MR) is 121 cm³/mol. The van der Waals surface area contributed by atoms with Crippen molar-refractivity contribution >= 4 is 5.71 Å². The van der Waals surface area contributed by atoms with Crippen LogP contribution in [0.15, 0.2) is 90.6 Å². The molecule has 0 spiro atoms. The van der Waals surface area contributed by atoms with E-state index in [0.29, 0.717) is 6.61 Å². The summed E-state index contributed by atoms with van der Waals surface area (Å²) in [5.74, 6) is 2.55. The Balaban J connectivity index is 1.49. The second-order valence-corrected chi connectivity index (χ2v) is 7.55. The summed E-state index contributed by atoms with van der Waals surface area (Å²) in [4.78, 5) is 0. The van der Waals surface area contributed by atoms with Gasteiger partial charge in [-0.1, -0.05) is 30.9 Å². The van der Waals surface area contributed by atoms with Crippen LogP contribution < -0.4 is 14.2 Å². The first-order chi connectivity index (χ1) is 15.3. The van der Waals surface area contributed by atoms with Gasteiger partial charge < -0.3 is 14.2 Å². The van der Waals surface area contributed by atoms with E-state index in [9.17, 15) is 0 Å². The van der Waals surface area contributed by atoms with Crippen LogP contribution in [-0.2, 0) is 0 Å². The van der Waals surface area contributed by atoms with Crippen molar-refractivity contribution in [3.05, 3.63) is 102 Å². The number of nitrogens with zero attached hydrogens (tertiary/aromatic N) is 2. The van der Waals surface area contributed by atoms with Crippen molar-refractivity contribution in [2.45, 2.75) is 18.7 Å². The van der Waals surface area contributed by atoms with Gasteiger partial charge in [0.25, 0.3) is 0 Å². The van der Waals surface area contributed by atoms with E-state index in [-0.39, 0.29) is 12.3 Å². The maximum atomic E-state index is 6.42. The highest BCUT2D eigenvalue weighted by Crippen LogP contribution is 2.47. The summed E-state index contributed by atoms with van der Waals surface area (Å²) >= 11 is 0. The number of para-hydroxylation sites is 1. The molecule has 156 valence electrons. The van der Waals surface area contributed by atoms with Crippen molar-refractivity contribution in [2.75, 3.05) is 13.7 Å². The van der Waals surface area contributed by atoms with Crippen molar-refractivity contribution in [2.24, 2.45) is 5.10 Å². The summed E-state index contributed by atoms with van der Waals surface area (Å²) in [6, 6.07) is 24.4. The molecule has 0 radical (unpaired) electrons. The minimum absolute atomic E-state index is 0.128. The number of fused-ring (bicyclic) bond motifs is 3. The number of ether oxygens (including phenoxy) is 3. The Bertz CT molecular complexity index is 1110. The second-order valence-electron chi connectivity index (χ2n) is 7.55. The molecular weight excluding hydrogens is 388 g/mol. The number of hydrazone groups is 1. The highest BCUT2D eigenvalue weighted by molar-refractivity contribution is 6.02. The first-order valence-electron chi connectivity index (χ1n) is 10.4. The van der Waals surface area contributed by atoms with E-state index in [1.807, 2.05) is 48.5 Å². The Labute approximate surface area is 182 Å². The fraction of sp³-hybridized carbons (Fsp3) is 0.192. The molecule has 2 aliphatic heterocycles. The van der Waals surface area contributed by atoms with Gasteiger partial charge in [-0.25, -0.2) is 5.01 Å². The van der Waals surface area contributed by atoms with Crippen molar-refractivity contribution in [1.29, 1.82) is 0 Å². The van der Waals surface area contributed by atoms with Gasteiger partial charge >= 0.3 is 0 Å². The molecule has 0 N–H and O–H groups in total. The number of hydrogen-bond acceptors (Lipinski definition) is 5. The van der Waals surface area contributed by atoms with Gasteiger partial charge in [0.1, 0.15) is 23.9 Å². The van der Waals surface area contributed by atoms with Crippen LogP contribution in [0.25, 0.3) is 0 Å². The molecule has 0 fully saturated rings. The van der Waals surface area contributed by atoms with Gasteiger partial charge in [-0.05, 0) is 60.2 Å². The van der Waals surface area contributed by atoms with Gasteiger partial charge in [-0.3, -0.25) is 0 Å². The quantitative estimate of drug-likeness (QED) is 0.501. The molecule has 5 heteroatoms. The molecule has 3 aromatic carbocycles. The lowest BCUT2D eigenvalue weighted by atomic mass is 9.96. The summed E-state index contributed by atoms with van der Waals surface area (Å²) < 4.78 is 17.3. The molecule has 3 aromatic rings. The Morgan fingerprint density at radius 3 is 2.52 bits per heavy atom. The second kappa shape index (κ2) is 8.19. The number of hydrogen-bond donors (Lipinski definition) is 0. The van der Waals surface area contributed by atoms with E-state index < -0.39 is 0 Å². The maximum Gasteiger partial charge on any atom is 0.213 e. The van der Waals surface area contributed by atoms with Gasteiger partial charge in [-0.15, -0.1) is 0 Å². The normalized spacial score (nSPS) is 19.0. The molecular formula is C26H24N2O3. The molecule has 0 unspecified atom stereocenters. The Morgan fingerprint density at radius 1 is 1.03 bits per heavy atom. The predicted octanol–water partition coefficient (Wildman–Crippen LogP) is 5.50. The molecule has 2 heterocycles. The van der Waals surface area contributed by atoms with Crippen LogP contribution in [0, 0.1) is 0 Å². The summed E-state index contributed by atoms with van der Waals surface area (Å²) in [5, 5.41) is 7.09. The Morgan fingerprint density at radius 2 is 1.77 bits per heavy atom. The van der Waals surface area contributed by atoms with Crippen LogP contribution in [0.2, 0.25) is 0 Å². The molecule has 0 aliphatic carbocycles. The zero-order valence-electron chi connectivity index (χ0n) is 17.4. The SMILES string of the molecule is C=CCOc1ccc([C@@H]2Oc3ccccc3[C@H]3CC(c4ccc(OC)cc4)=NN32)cc1. The lowest BCUT2D eigenvalue weighted by Gasteiger charge is -2.38. The zero-order valence-corrected chi connectivity index (χ0v) is 17.4. The number of rotatable bonds is 6. The van der Waals surface area contributed by atoms with Crippen molar-refractivity contribution in [3.63, 3.8) is 0 Å². The molecule has 31 heavy (non-hydrogen) atoms. The van der Waals surface area contributed by atoms with E-state index in [1.165, 1.54) is 0 Å². The lowest BCUT2D eigenvalue weighted by Crippen LogP contribution is -2.33. The van der Waals surface area contributed by atoms with Crippen LogP contribution in [0.3, 0.4) is 0 Å². The van der Waals surface area contributed by atoms with Gasteiger partial charge in [0.05, 0.1) is 18.9 Å². The highest BCUT2D eigenvalue weighted by Gasteiger charge is 2.40. The van der Waals surface area contributed by atoms with Crippen LogP contribution in [0.5, 0.6) is 17.2 Å². The fourth-order valence-electron chi connectivity index (χ4n) is 4.10. The Kier molecular flexibility index (Phi) is 5.08. The highest BCUT2D eigenvalue weighted by atomic mass is 16.5. The first kappa shape index (κ1) is 19.2. The fourth-order valence-corrected chi connectivity index (χ4v) is 4.10. The van der Waals surface area contributed by atoms with Crippen LogP contribution in [-0.4, -0.2) is 24.4 Å². The lowest BCUT2D eigenvalue weighted by molar-refractivity contribution is -0.0190. The molecule has 5 nitrogen and oxygen atoms in total. The molecule has 5 rings (SSSR count). The van der Waals surface area contributed by atoms with Gasteiger partial charge in [-0.2, -0.15) is 5.10 Å². The van der Waals surface area contributed by atoms with Crippen molar-refractivity contribution in [1.82, 2.24) is 5.01 Å². The monoisotopic (exact) mass is 412 g/mol. The number of benzene rings is 3. The van der Waals surface area contributed by atoms with Gasteiger partial charge in [0, 0.05) is 17.5 Å². The Hall–Kier alpha value is -3.73. The third-order valence-electron chi connectivity index (χ3n) is 5.66. The molecule has 0 saturated carbocycles. The molecule has 0 amide bonds. The molecule has 2 aliphatic rings. The summed E-state index contributed by atoms with van der Waals surface area (Å²) in [7, 11) is 1.68. The average Bonchev–Trinajstić information content (AvgIpc) is 3.28. The van der Waals surface area contributed by atoms with Crippen LogP contribution in [0.1, 0.15) is 35.4 Å². The van der Waals surface area contributed by atoms with Crippen LogP contribution >= 0.6 is 0 Å². The van der Waals surface area contributed by atoms with Crippen molar-refractivity contribution in [3.8, 4) is 17.2 Å². The zero-order chi connectivity index (χ0) is 21.2. The first-order valence-corrected chi connectivity index (χ1v) is 10.4. The van der Waals surface area contributed by atoms with Gasteiger partial charge in [0.2, 0.25) is 6.23 Å². The number of methoxy groups -OCH3 is 1. The summed E-state index contributed by atoms with van der Waals surface area (Å²) in [5.41, 5.74) is 4.34. The molecule has 2 atom stereocenters. The largest absolute Gasteiger partial charge is 0.497 e. The minimum Gasteiger partial charge on any atom is -0.497 e. The molecule has 0 saturated heterocycles. The summed E-state index contributed by atoms with van der Waals surface area (Å²) in [6.07, 6.45) is 2.26. The third-order valence-corrected chi connectivity index (χ3v) is 5.66. The van der Waals surface area contributed by atoms with E-state index in [0.717, 1.165) is 46.1 Å². The third kappa shape index (κ3) is 3.63. The van der Waals surface area contributed by atoms with E-state index in [4.69, 9.17) is 19.3 Å². The van der Waals surface area contributed by atoms with E-state index >= 15 is 0 Å². The van der Waals surface area contributed by atoms with Crippen molar-refractivity contribution < 1.29 is 14.2 Å². The standard InChI is InChI=1S/C26H24N2O3/c1-3-16-30-21-14-10-19(11-15-21)26-28-24(22-6-4-5-7-25(22)31-26)17-23(27-28)18-8-12-20(29-2)13-9-18/h3-15,24,26H,1,16-17H2,2H3/t24-,26+/m1/s1. The maximum absolute atomic E-state index is 6.42. The molecule has 0 aromatic heterocycles. The average molecular weight is 412 g/mol. The summed E-state index contributed by atoms with van der Waals surface area (Å²) in [6.45, 7) is 4.18. The smallest absolute Gasteiger partial charge is 0.213 e. The topological polar surface area (TPSA) is 43.3 Å². The van der Waals surface area contributed by atoms with E-state index in [2.05, 4.69) is 35.9 Å². The molecule has 0 bridgehead atoms. The minimum atomic E-state index is -0.302. The van der Waals surface area contributed by atoms with E-state index in [1.54, 1.807) is 13.2 Å². The van der Waals surface area contributed by atoms with Crippen LogP contribution in [0.4, 0.5) is 0 Å².